The normalized spacial score (nSPS) is 15.2. The van der Waals surface area contributed by atoms with Crippen LogP contribution in [0, 0.1) is 0 Å². The third-order valence-electron chi connectivity index (χ3n) is 2.26. The minimum absolute atomic E-state index is 0.0591. The Morgan fingerprint density at radius 3 is 2.54 bits per heavy atom. The molecule has 78 valence electrons. The van der Waals surface area contributed by atoms with Gasteiger partial charge < -0.3 is 15.4 Å². The number of carbonyl (C=O) groups is 1. The molecule has 0 radical (unpaired) electrons. The molecule has 0 spiro atoms. The van der Waals surface area contributed by atoms with Crippen molar-refractivity contribution in [2.75, 3.05) is 20.8 Å². The average Bonchev–Trinajstić information content (AvgIpc) is 2.14. The van der Waals surface area contributed by atoms with Crippen molar-refractivity contribution in [3.63, 3.8) is 0 Å². The smallest absolute Gasteiger partial charge is 0.241 e. The standard InChI is InChI=1S/C9H20N2O2/c1-5-7(2)11(3)9(12)8(10)6-13-4/h7-8H,5-6,10H2,1-4H3. The zero-order chi connectivity index (χ0) is 10.4. The van der Waals surface area contributed by atoms with E-state index in [4.69, 9.17) is 10.5 Å². The van der Waals surface area contributed by atoms with E-state index in [2.05, 4.69) is 0 Å². The van der Waals surface area contributed by atoms with Crippen LogP contribution in [-0.4, -0.2) is 43.7 Å². The molecule has 0 heterocycles. The Kier molecular flexibility index (Phi) is 5.66. The van der Waals surface area contributed by atoms with E-state index in [9.17, 15) is 4.79 Å². The molecule has 0 saturated carbocycles. The van der Waals surface area contributed by atoms with Gasteiger partial charge in [-0.2, -0.15) is 0 Å². The minimum Gasteiger partial charge on any atom is -0.383 e. The molecule has 0 aliphatic heterocycles. The molecule has 2 atom stereocenters. The van der Waals surface area contributed by atoms with Gasteiger partial charge in [-0.05, 0) is 13.3 Å². The molecule has 1 amide bonds. The molecular formula is C9H20N2O2. The van der Waals surface area contributed by atoms with E-state index in [0.29, 0.717) is 0 Å². The van der Waals surface area contributed by atoms with Gasteiger partial charge in [0.1, 0.15) is 6.04 Å². The molecule has 2 unspecified atom stereocenters. The maximum Gasteiger partial charge on any atom is 0.241 e. The summed E-state index contributed by atoms with van der Waals surface area (Å²) in [5.74, 6) is -0.0591. The fraction of sp³-hybridized carbons (Fsp3) is 0.889. The molecule has 0 fully saturated rings. The summed E-state index contributed by atoms with van der Waals surface area (Å²) in [6.45, 7) is 4.31. The molecule has 0 aromatic heterocycles. The number of rotatable bonds is 5. The van der Waals surface area contributed by atoms with Crippen LogP contribution in [0.15, 0.2) is 0 Å². The largest absolute Gasteiger partial charge is 0.383 e. The summed E-state index contributed by atoms with van der Waals surface area (Å²) in [6.07, 6.45) is 0.932. The molecule has 13 heavy (non-hydrogen) atoms. The van der Waals surface area contributed by atoms with Crippen LogP contribution >= 0.6 is 0 Å². The molecule has 4 heteroatoms. The number of ether oxygens (including phenoxy) is 1. The van der Waals surface area contributed by atoms with Crippen molar-refractivity contribution in [1.82, 2.24) is 4.90 Å². The number of methoxy groups -OCH3 is 1. The van der Waals surface area contributed by atoms with Crippen LogP contribution in [0.2, 0.25) is 0 Å². The van der Waals surface area contributed by atoms with Gasteiger partial charge in [0, 0.05) is 20.2 Å². The van der Waals surface area contributed by atoms with E-state index in [0.717, 1.165) is 6.42 Å². The zero-order valence-electron chi connectivity index (χ0n) is 8.91. The third kappa shape index (κ3) is 3.74. The lowest BCUT2D eigenvalue weighted by Gasteiger charge is -2.26. The van der Waals surface area contributed by atoms with Crippen molar-refractivity contribution in [2.24, 2.45) is 5.73 Å². The number of likely N-dealkylation sites (N-methyl/N-ethyl adjacent to an activating group) is 1. The van der Waals surface area contributed by atoms with Crippen molar-refractivity contribution >= 4 is 5.91 Å². The molecular weight excluding hydrogens is 168 g/mol. The predicted octanol–water partition coefficient (Wildman–Crippen LogP) is 0.217. The number of carbonyl (C=O) groups excluding carboxylic acids is 1. The summed E-state index contributed by atoms with van der Waals surface area (Å²) in [7, 11) is 3.31. The molecule has 0 bridgehead atoms. The topological polar surface area (TPSA) is 55.6 Å². The van der Waals surface area contributed by atoms with Crippen LogP contribution in [0.4, 0.5) is 0 Å². The highest BCUT2D eigenvalue weighted by Crippen LogP contribution is 2.02. The van der Waals surface area contributed by atoms with E-state index < -0.39 is 6.04 Å². The van der Waals surface area contributed by atoms with Gasteiger partial charge >= 0.3 is 0 Å². The van der Waals surface area contributed by atoms with Crippen LogP contribution < -0.4 is 5.73 Å². The predicted molar refractivity (Wildman–Crippen MR) is 52.4 cm³/mol. The number of nitrogens with two attached hydrogens (primary N) is 1. The Morgan fingerprint density at radius 1 is 1.62 bits per heavy atom. The maximum absolute atomic E-state index is 11.6. The van der Waals surface area contributed by atoms with Gasteiger partial charge in [0.25, 0.3) is 0 Å². The summed E-state index contributed by atoms with van der Waals surface area (Å²) in [6, 6.07) is -0.306. The molecule has 4 nitrogen and oxygen atoms in total. The van der Waals surface area contributed by atoms with E-state index in [1.54, 1.807) is 11.9 Å². The summed E-state index contributed by atoms with van der Waals surface area (Å²) in [4.78, 5) is 13.2. The molecule has 2 N–H and O–H groups in total. The van der Waals surface area contributed by atoms with E-state index in [-0.39, 0.29) is 18.6 Å². The van der Waals surface area contributed by atoms with Crippen molar-refractivity contribution < 1.29 is 9.53 Å². The maximum atomic E-state index is 11.6. The second-order valence-corrected chi connectivity index (χ2v) is 3.27. The summed E-state index contributed by atoms with van der Waals surface area (Å²) in [5.41, 5.74) is 5.60. The Hall–Kier alpha value is -0.610. The third-order valence-corrected chi connectivity index (χ3v) is 2.26. The summed E-state index contributed by atoms with van der Waals surface area (Å²) in [5, 5.41) is 0. The van der Waals surface area contributed by atoms with Gasteiger partial charge in [0.15, 0.2) is 0 Å². The van der Waals surface area contributed by atoms with Crippen molar-refractivity contribution in [3.8, 4) is 0 Å². The minimum atomic E-state index is -0.538. The number of amides is 1. The molecule has 0 aliphatic carbocycles. The highest BCUT2D eigenvalue weighted by Gasteiger charge is 2.20. The lowest BCUT2D eigenvalue weighted by molar-refractivity contribution is -0.134. The van der Waals surface area contributed by atoms with Gasteiger partial charge in [0.2, 0.25) is 5.91 Å². The van der Waals surface area contributed by atoms with Gasteiger partial charge in [0.05, 0.1) is 6.61 Å². The van der Waals surface area contributed by atoms with Crippen LogP contribution in [0.3, 0.4) is 0 Å². The first-order chi connectivity index (χ1) is 6.04. The molecule has 0 rings (SSSR count). The van der Waals surface area contributed by atoms with Gasteiger partial charge in [-0.1, -0.05) is 6.92 Å². The average molecular weight is 188 g/mol. The van der Waals surface area contributed by atoms with Gasteiger partial charge in [-0.15, -0.1) is 0 Å². The zero-order valence-corrected chi connectivity index (χ0v) is 8.91. The lowest BCUT2D eigenvalue weighted by Crippen LogP contribution is -2.47. The molecule has 0 aliphatic rings. The number of nitrogens with zero attached hydrogens (tertiary/aromatic N) is 1. The number of hydrogen-bond acceptors (Lipinski definition) is 3. The van der Waals surface area contributed by atoms with Crippen LogP contribution in [-0.2, 0) is 9.53 Å². The lowest BCUT2D eigenvalue weighted by atomic mass is 10.2. The first kappa shape index (κ1) is 12.4. The quantitative estimate of drug-likeness (QED) is 0.671. The second-order valence-electron chi connectivity index (χ2n) is 3.27. The van der Waals surface area contributed by atoms with Crippen LogP contribution in [0.25, 0.3) is 0 Å². The van der Waals surface area contributed by atoms with Crippen molar-refractivity contribution in [1.29, 1.82) is 0 Å². The fourth-order valence-electron chi connectivity index (χ4n) is 1.00. The molecule has 0 aromatic carbocycles. The SMILES string of the molecule is CCC(C)N(C)C(=O)C(N)COC. The van der Waals surface area contributed by atoms with Crippen molar-refractivity contribution in [3.05, 3.63) is 0 Å². The van der Waals surface area contributed by atoms with E-state index >= 15 is 0 Å². The summed E-state index contributed by atoms with van der Waals surface area (Å²) >= 11 is 0. The highest BCUT2D eigenvalue weighted by molar-refractivity contribution is 5.81. The van der Waals surface area contributed by atoms with Crippen LogP contribution in [0.5, 0.6) is 0 Å². The molecule has 0 saturated heterocycles. The Bertz CT molecular complexity index is 162. The molecule has 0 aromatic rings. The highest BCUT2D eigenvalue weighted by atomic mass is 16.5. The fourth-order valence-corrected chi connectivity index (χ4v) is 1.00. The summed E-state index contributed by atoms with van der Waals surface area (Å²) < 4.78 is 4.82. The first-order valence-electron chi connectivity index (χ1n) is 4.55. The monoisotopic (exact) mass is 188 g/mol. The Morgan fingerprint density at radius 2 is 2.15 bits per heavy atom. The van der Waals surface area contributed by atoms with E-state index in [1.165, 1.54) is 7.11 Å². The Labute approximate surface area is 80.0 Å². The van der Waals surface area contributed by atoms with Crippen molar-refractivity contribution in [2.45, 2.75) is 32.4 Å². The first-order valence-corrected chi connectivity index (χ1v) is 4.55. The second kappa shape index (κ2) is 5.94. The Balaban J connectivity index is 4.08. The van der Waals surface area contributed by atoms with Crippen LogP contribution in [0.1, 0.15) is 20.3 Å². The van der Waals surface area contributed by atoms with Gasteiger partial charge in [-0.3, -0.25) is 4.79 Å². The van der Waals surface area contributed by atoms with Gasteiger partial charge in [-0.25, -0.2) is 0 Å². The van der Waals surface area contributed by atoms with E-state index in [1.807, 2.05) is 13.8 Å². The number of hydrogen-bond donors (Lipinski definition) is 1.